The summed E-state index contributed by atoms with van der Waals surface area (Å²) in [5.41, 5.74) is 7.30. The molecule has 162 valence electrons. The molecule has 0 spiro atoms. The van der Waals surface area contributed by atoms with Crippen LogP contribution in [0.4, 0.5) is 0 Å². The van der Waals surface area contributed by atoms with Gasteiger partial charge in [-0.05, 0) is 41.5 Å². The number of esters is 2. The molecule has 0 fully saturated rings. The molecular weight excluding hydrogens is 432 g/mol. The number of thiazole rings is 1. The lowest BCUT2D eigenvalue weighted by Gasteiger charge is -2.26. The normalized spacial score (nSPS) is 16.0. The van der Waals surface area contributed by atoms with Crippen molar-refractivity contribution in [1.82, 2.24) is 14.5 Å². The fourth-order valence-corrected chi connectivity index (χ4v) is 4.73. The molecule has 3 aromatic rings. The minimum atomic E-state index is -0.898. The molecular formula is C22H18N4O5S. The topological polar surface area (TPSA) is 126 Å². The standard InChI is InChI=1S/C22H18N4O5S/c1-30-21(28)16-15(13-5-9-25-10-6-13)17(22(29)31-2)20-26(18(16)23)19(27)14(32-20)11-12-3-7-24-8-4-12/h3-11,15H,23H2,1-2H3/b14-11+. The first-order valence-corrected chi connectivity index (χ1v) is 10.2. The molecule has 1 aliphatic heterocycles. The van der Waals surface area contributed by atoms with Gasteiger partial charge in [-0.1, -0.05) is 0 Å². The number of fused-ring (bicyclic) bond motifs is 1. The van der Waals surface area contributed by atoms with Gasteiger partial charge in [-0.15, -0.1) is 11.3 Å². The molecule has 0 saturated carbocycles. The molecule has 32 heavy (non-hydrogen) atoms. The maximum atomic E-state index is 13.3. The van der Waals surface area contributed by atoms with Gasteiger partial charge >= 0.3 is 11.9 Å². The number of hydrogen-bond acceptors (Lipinski definition) is 9. The Labute approximate surface area is 185 Å². The molecule has 4 heterocycles. The summed E-state index contributed by atoms with van der Waals surface area (Å²) in [7, 11) is 2.44. The van der Waals surface area contributed by atoms with Crippen molar-refractivity contribution in [3.05, 3.63) is 85.3 Å². The molecule has 0 aliphatic carbocycles. The third-order valence-corrected chi connectivity index (χ3v) is 6.11. The predicted octanol–water partition coefficient (Wildman–Crippen LogP) is -0.0500. The first kappa shape index (κ1) is 21.2. The molecule has 9 nitrogen and oxygen atoms in total. The van der Waals surface area contributed by atoms with Crippen LogP contribution < -0.4 is 20.5 Å². The van der Waals surface area contributed by atoms with Crippen LogP contribution in [0.1, 0.15) is 17.0 Å². The molecule has 0 aromatic carbocycles. The Bertz CT molecular complexity index is 1410. The maximum Gasteiger partial charge on any atom is 0.338 e. The highest BCUT2D eigenvalue weighted by Crippen LogP contribution is 2.37. The molecule has 0 saturated heterocycles. The van der Waals surface area contributed by atoms with Gasteiger partial charge in [-0.25, -0.2) is 9.59 Å². The number of methoxy groups -OCH3 is 2. The zero-order valence-corrected chi connectivity index (χ0v) is 18.0. The minimum Gasteiger partial charge on any atom is -0.466 e. The molecule has 1 unspecified atom stereocenters. The number of carbonyl (C=O) groups excluding carboxylic acids is 2. The maximum absolute atomic E-state index is 13.3. The Morgan fingerprint density at radius 1 is 1.00 bits per heavy atom. The van der Waals surface area contributed by atoms with Crippen molar-refractivity contribution in [2.45, 2.75) is 5.92 Å². The number of hydrogen-bond donors (Lipinski definition) is 1. The van der Waals surface area contributed by atoms with Crippen molar-refractivity contribution in [2.24, 2.45) is 5.73 Å². The average Bonchev–Trinajstić information content (AvgIpc) is 3.15. The molecule has 4 rings (SSSR count). The molecule has 1 aliphatic rings. The number of rotatable bonds is 4. The lowest BCUT2D eigenvalue weighted by Crippen LogP contribution is -2.41. The van der Waals surface area contributed by atoms with E-state index < -0.39 is 23.4 Å². The number of ether oxygens (including phenoxy) is 2. The Hall–Kier alpha value is -4.05. The van der Waals surface area contributed by atoms with E-state index in [0.29, 0.717) is 10.1 Å². The highest BCUT2D eigenvalue weighted by molar-refractivity contribution is 7.07. The summed E-state index contributed by atoms with van der Waals surface area (Å²) in [6.07, 6.45) is 7.95. The summed E-state index contributed by atoms with van der Waals surface area (Å²) < 4.78 is 11.8. The van der Waals surface area contributed by atoms with E-state index in [0.717, 1.165) is 21.5 Å². The second kappa shape index (κ2) is 8.60. The molecule has 1 atom stereocenters. The SMILES string of the molecule is COC(=O)C1=C(N)n2c(s/c(=C/c3ccncc3)c2=O)=C(C(=O)OC)C1c1ccncc1. The van der Waals surface area contributed by atoms with Crippen LogP contribution in [-0.2, 0) is 19.1 Å². The van der Waals surface area contributed by atoms with Crippen molar-refractivity contribution in [1.29, 1.82) is 0 Å². The van der Waals surface area contributed by atoms with Gasteiger partial charge in [0, 0.05) is 24.8 Å². The van der Waals surface area contributed by atoms with Crippen LogP contribution in [0, 0.1) is 0 Å². The molecule has 3 aromatic heterocycles. The lowest BCUT2D eigenvalue weighted by atomic mass is 9.83. The zero-order valence-electron chi connectivity index (χ0n) is 17.1. The van der Waals surface area contributed by atoms with Gasteiger partial charge < -0.3 is 15.2 Å². The van der Waals surface area contributed by atoms with Crippen LogP contribution in [0.3, 0.4) is 0 Å². The third kappa shape index (κ3) is 3.50. The molecule has 0 bridgehead atoms. The van der Waals surface area contributed by atoms with Crippen LogP contribution in [0.25, 0.3) is 17.5 Å². The van der Waals surface area contributed by atoms with E-state index in [1.165, 1.54) is 26.6 Å². The molecule has 10 heteroatoms. The van der Waals surface area contributed by atoms with Gasteiger partial charge in [0.2, 0.25) is 0 Å². The van der Waals surface area contributed by atoms with Crippen molar-refractivity contribution in [2.75, 3.05) is 14.2 Å². The van der Waals surface area contributed by atoms with E-state index in [1.807, 2.05) is 0 Å². The van der Waals surface area contributed by atoms with Crippen LogP contribution in [0.2, 0.25) is 0 Å². The first-order chi connectivity index (χ1) is 15.5. The summed E-state index contributed by atoms with van der Waals surface area (Å²) in [5.74, 6) is -2.44. The van der Waals surface area contributed by atoms with Crippen molar-refractivity contribution < 1.29 is 19.1 Å². The van der Waals surface area contributed by atoms with E-state index in [4.69, 9.17) is 15.2 Å². The van der Waals surface area contributed by atoms with Gasteiger partial charge in [0.15, 0.2) is 0 Å². The van der Waals surface area contributed by atoms with E-state index in [1.54, 1.807) is 42.7 Å². The van der Waals surface area contributed by atoms with Crippen LogP contribution in [-0.4, -0.2) is 40.7 Å². The number of nitrogens with zero attached hydrogens (tertiary/aromatic N) is 3. The number of nitrogens with two attached hydrogens (primary N) is 1. The van der Waals surface area contributed by atoms with Gasteiger partial charge in [-0.3, -0.25) is 19.3 Å². The summed E-state index contributed by atoms with van der Waals surface area (Å²) in [5, 5.41) is 0. The Balaban J connectivity index is 2.14. The zero-order chi connectivity index (χ0) is 22.8. The van der Waals surface area contributed by atoms with Gasteiger partial charge in [0.1, 0.15) is 10.5 Å². The highest BCUT2D eigenvalue weighted by atomic mass is 32.1. The van der Waals surface area contributed by atoms with Crippen LogP contribution in [0.5, 0.6) is 0 Å². The van der Waals surface area contributed by atoms with E-state index in [-0.39, 0.29) is 21.6 Å². The third-order valence-electron chi connectivity index (χ3n) is 5.00. The van der Waals surface area contributed by atoms with Gasteiger partial charge in [0.05, 0.1) is 35.8 Å². The molecule has 0 amide bonds. The average molecular weight is 450 g/mol. The second-order valence-electron chi connectivity index (χ2n) is 6.75. The lowest BCUT2D eigenvalue weighted by molar-refractivity contribution is -0.136. The van der Waals surface area contributed by atoms with Crippen LogP contribution >= 0.6 is 11.3 Å². The van der Waals surface area contributed by atoms with E-state index in [2.05, 4.69) is 9.97 Å². The van der Waals surface area contributed by atoms with Crippen molar-refractivity contribution >= 4 is 40.7 Å². The summed E-state index contributed by atoms with van der Waals surface area (Å²) >= 11 is 1.09. The monoisotopic (exact) mass is 450 g/mol. The summed E-state index contributed by atoms with van der Waals surface area (Å²) in [4.78, 5) is 46.9. The van der Waals surface area contributed by atoms with Crippen molar-refractivity contribution in [3.63, 3.8) is 0 Å². The smallest absolute Gasteiger partial charge is 0.338 e. The van der Waals surface area contributed by atoms with Crippen LogP contribution in [0.15, 0.2) is 59.4 Å². The largest absolute Gasteiger partial charge is 0.466 e. The fourth-order valence-electron chi connectivity index (χ4n) is 3.57. The highest BCUT2D eigenvalue weighted by Gasteiger charge is 2.39. The van der Waals surface area contributed by atoms with Gasteiger partial charge in [0.25, 0.3) is 5.56 Å². The molecule has 2 N–H and O–H groups in total. The van der Waals surface area contributed by atoms with E-state index >= 15 is 0 Å². The quantitative estimate of drug-likeness (QED) is 0.549. The predicted molar refractivity (Wildman–Crippen MR) is 117 cm³/mol. The number of aromatic nitrogens is 3. The second-order valence-corrected chi connectivity index (χ2v) is 7.78. The Kier molecular flexibility index (Phi) is 5.69. The summed E-state index contributed by atoms with van der Waals surface area (Å²) in [6, 6.07) is 6.81. The molecule has 0 radical (unpaired) electrons. The van der Waals surface area contributed by atoms with Crippen molar-refractivity contribution in [3.8, 4) is 0 Å². The first-order valence-electron chi connectivity index (χ1n) is 9.42. The van der Waals surface area contributed by atoms with E-state index in [9.17, 15) is 14.4 Å². The van der Waals surface area contributed by atoms with Gasteiger partial charge in [-0.2, -0.15) is 0 Å². The Morgan fingerprint density at radius 2 is 1.56 bits per heavy atom. The number of pyridine rings is 2. The number of carbonyl (C=O) groups is 2. The Morgan fingerprint density at radius 3 is 2.16 bits per heavy atom. The summed E-state index contributed by atoms with van der Waals surface area (Å²) in [6.45, 7) is 0. The fraction of sp³-hybridized carbons (Fsp3) is 0.136. The minimum absolute atomic E-state index is 0.0260.